The van der Waals surface area contributed by atoms with Crippen molar-refractivity contribution in [2.45, 2.75) is 0 Å². The lowest BCUT2D eigenvalue weighted by molar-refractivity contribution is 0.404. The predicted molar refractivity (Wildman–Crippen MR) is 72.8 cm³/mol. The molecule has 3 rings (SSSR count). The molecule has 0 atom stereocenters. The van der Waals surface area contributed by atoms with Crippen LogP contribution >= 0.6 is 0 Å². The van der Waals surface area contributed by atoms with Crippen molar-refractivity contribution in [3.8, 4) is 34.0 Å². The highest BCUT2D eigenvalue weighted by molar-refractivity contribution is 5.78. The van der Waals surface area contributed by atoms with Crippen molar-refractivity contribution in [1.82, 2.24) is 9.97 Å². The molecule has 0 bridgehead atoms. The van der Waals surface area contributed by atoms with E-state index in [1.54, 1.807) is 12.4 Å². The van der Waals surface area contributed by atoms with Gasteiger partial charge in [-0.3, -0.25) is 0 Å². The molecule has 0 aliphatic heterocycles. The van der Waals surface area contributed by atoms with Crippen LogP contribution in [0.25, 0.3) is 22.5 Å². The van der Waals surface area contributed by atoms with Crippen LogP contribution in [0.1, 0.15) is 0 Å². The van der Waals surface area contributed by atoms with Gasteiger partial charge in [-0.25, -0.2) is 4.98 Å². The number of H-pyrrole nitrogens is 1. The lowest BCUT2D eigenvalue weighted by atomic mass is 10.0. The first-order valence-corrected chi connectivity index (χ1v) is 5.87. The van der Waals surface area contributed by atoms with Crippen LogP contribution < -0.4 is 0 Å². The molecule has 0 saturated carbocycles. The smallest absolute Gasteiger partial charge is 0.158 e. The maximum atomic E-state index is 9.57. The van der Waals surface area contributed by atoms with Crippen LogP contribution in [-0.4, -0.2) is 20.2 Å². The van der Waals surface area contributed by atoms with Gasteiger partial charge in [0.2, 0.25) is 0 Å². The number of rotatable bonds is 2. The summed E-state index contributed by atoms with van der Waals surface area (Å²) in [6.45, 7) is 0. The van der Waals surface area contributed by atoms with E-state index in [0.29, 0.717) is 0 Å². The van der Waals surface area contributed by atoms with Gasteiger partial charge >= 0.3 is 0 Å². The molecule has 94 valence electrons. The molecule has 0 amide bonds. The van der Waals surface area contributed by atoms with Crippen molar-refractivity contribution in [3.05, 3.63) is 54.9 Å². The fourth-order valence-corrected chi connectivity index (χ4v) is 2.01. The van der Waals surface area contributed by atoms with Crippen molar-refractivity contribution in [2.24, 2.45) is 0 Å². The maximum absolute atomic E-state index is 9.57. The van der Waals surface area contributed by atoms with Crippen LogP contribution in [0.2, 0.25) is 0 Å². The Morgan fingerprint density at radius 1 is 0.842 bits per heavy atom. The highest BCUT2D eigenvalue weighted by Gasteiger charge is 2.11. The Labute approximate surface area is 110 Å². The van der Waals surface area contributed by atoms with Gasteiger partial charge in [-0.15, -0.1) is 0 Å². The first-order chi connectivity index (χ1) is 9.25. The minimum Gasteiger partial charge on any atom is -0.504 e. The molecule has 0 spiro atoms. The summed E-state index contributed by atoms with van der Waals surface area (Å²) in [5.41, 5.74) is 3.38. The van der Waals surface area contributed by atoms with E-state index < -0.39 is 0 Å². The molecular formula is C15H12N2O2. The van der Waals surface area contributed by atoms with Crippen molar-refractivity contribution >= 4 is 0 Å². The number of aromatic amines is 1. The normalized spacial score (nSPS) is 10.5. The number of aromatic nitrogens is 2. The monoisotopic (exact) mass is 252 g/mol. The summed E-state index contributed by atoms with van der Waals surface area (Å²) >= 11 is 0. The van der Waals surface area contributed by atoms with Crippen LogP contribution in [0.3, 0.4) is 0 Å². The molecule has 4 nitrogen and oxygen atoms in total. The zero-order valence-corrected chi connectivity index (χ0v) is 10.0. The third-order valence-electron chi connectivity index (χ3n) is 2.95. The molecular weight excluding hydrogens is 240 g/mol. The largest absolute Gasteiger partial charge is 0.504 e. The number of aromatic hydroxyl groups is 2. The Morgan fingerprint density at radius 3 is 2.37 bits per heavy atom. The van der Waals surface area contributed by atoms with Crippen LogP contribution in [-0.2, 0) is 0 Å². The van der Waals surface area contributed by atoms with E-state index >= 15 is 0 Å². The van der Waals surface area contributed by atoms with E-state index in [1.807, 2.05) is 30.3 Å². The van der Waals surface area contributed by atoms with E-state index in [1.165, 1.54) is 12.1 Å². The number of phenols is 2. The lowest BCUT2D eigenvalue weighted by Crippen LogP contribution is -1.84. The van der Waals surface area contributed by atoms with Gasteiger partial charge in [0, 0.05) is 11.1 Å². The number of imidazole rings is 1. The Kier molecular flexibility index (Phi) is 2.68. The molecule has 3 aromatic rings. The topological polar surface area (TPSA) is 69.1 Å². The number of nitrogens with one attached hydrogen (secondary N) is 1. The van der Waals surface area contributed by atoms with E-state index in [4.69, 9.17) is 0 Å². The summed E-state index contributed by atoms with van der Waals surface area (Å²) in [7, 11) is 0. The molecule has 0 saturated heterocycles. The van der Waals surface area contributed by atoms with Gasteiger partial charge in [0.15, 0.2) is 11.5 Å². The fraction of sp³-hybridized carbons (Fsp3) is 0. The third kappa shape index (κ3) is 2.04. The second kappa shape index (κ2) is 4.49. The molecule has 0 aliphatic carbocycles. The highest BCUT2D eigenvalue weighted by atomic mass is 16.3. The van der Waals surface area contributed by atoms with Crippen molar-refractivity contribution in [2.75, 3.05) is 0 Å². The molecule has 19 heavy (non-hydrogen) atoms. The summed E-state index contributed by atoms with van der Waals surface area (Å²) < 4.78 is 0. The molecule has 4 heteroatoms. The van der Waals surface area contributed by atoms with Gasteiger partial charge in [-0.05, 0) is 18.2 Å². The third-order valence-corrected chi connectivity index (χ3v) is 2.95. The molecule has 1 aromatic heterocycles. The molecule has 0 unspecified atom stereocenters. The van der Waals surface area contributed by atoms with Gasteiger partial charge in [0.25, 0.3) is 0 Å². The minimum absolute atomic E-state index is 0.138. The zero-order chi connectivity index (χ0) is 13.2. The molecule has 0 aliphatic rings. The second-order valence-electron chi connectivity index (χ2n) is 4.20. The summed E-state index contributed by atoms with van der Waals surface area (Å²) in [5.74, 6) is -0.292. The van der Waals surface area contributed by atoms with E-state index in [0.717, 1.165) is 22.5 Å². The predicted octanol–water partition coefficient (Wildman–Crippen LogP) is 3.15. The molecule has 3 N–H and O–H groups in total. The Balaban J connectivity index is 2.12. The zero-order valence-electron chi connectivity index (χ0n) is 10.0. The van der Waals surface area contributed by atoms with Gasteiger partial charge in [0.1, 0.15) is 0 Å². The number of hydrogen-bond acceptors (Lipinski definition) is 3. The Morgan fingerprint density at radius 2 is 1.63 bits per heavy atom. The minimum atomic E-state index is -0.153. The van der Waals surface area contributed by atoms with E-state index in [-0.39, 0.29) is 11.5 Å². The second-order valence-corrected chi connectivity index (χ2v) is 4.20. The quantitative estimate of drug-likeness (QED) is 0.613. The average molecular weight is 252 g/mol. The Hall–Kier alpha value is -2.75. The number of nitrogens with zero attached hydrogens (tertiary/aromatic N) is 1. The first-order valence-electron chi connectivity index (χ1n) is 5.87. The van der Waals surface area contributed by atoms with Gasteiger partial charge in [-0.1, -0.05) is 30.3 Å². The lowest BCUT2D eigenvalue weighted by Gasteiger charge is -2.04. The Bertz CT molecular complexity index is 705. The van der Waals surface area contributed by atoms with Gasteiger partial charge in [-0.2, -0.15) is 0 Å². The number of benzene rings is 2. The van der Waals surface area contributed by atoms with Gasteiger partial charge < -0.3 is 15.2 Å². The molecule has 0 fully saturated rings. The summed E-state index contributed by atoms with van der Waals surface area (Å²) in [4.78, 5) is 7.38. The molecule has 0 radical (unpaired) electrons. The van der Waals surface area contributed by atoms with Crippen molar-refractivity contribution in [1.29, 1.82) is 0 Å². The average Bonchev–Trinajstić information content (AvgIpc) is 2.92. The van der Waals surface area contributed by atoms with Crippen LogP contribution in [0.4, 0.5) is 0 Å². The SMILES string of the molecule is Oc1ccc(-c2nc[nH]c2-c2ccccc2)cc1O. The summed E-state index contributed by atoms with van der Waals surface area (Å²) in [5, 5.41) is 18.9. The van der Waals surface area contributed by atoms with Gasteiger partial charge in [0.05, 0.1) is 17.7 Å². The number of phenolic OH excluding ortho intramolecular Hbond substituents is 2. The van der Waals surface area contributed by atoms with Crippen molar-refractivity contribution in [3.63, 3.8) is 0 Å². The maximum Gasteiger partial charge on any atom is 0.158 e. The van der Waals surface area contributed by atoms with E-state index in [9.17, 15) is 10.2 Å². The summed E-state index contributed by atoms with van der Waals surface area (Å²) in [6.07, 6.45) is 1.61. The number of hydrogen-bond donors (Lipinski definition) is 3. The standard InChI is InChI=1S/C15H12N2O2/c18-12-7-6-11(8-13(12)19)15-14(16-9-17-15)10-4-2-1-3-5-10/h1-9,18-19H,(H,16,17). The first kappa shape index (κ1) is 11.3. The van der Waals surface area contributed by atoms with Crippen LogP contribution in [0, 0.1) is 0 Å². The van der Waals surface area contributed by atoms with Crippen LogP contribution in [0.5, 0.6) is 11.5 Å². The molecule has 1 heterocycles. The van der Waals surface area contributed by atoms with E-state index in [2.05, 4.69) is 9.97 Å². The van der Waals surface area contributed by atoms with Crippen molar-refractivity contribution < 1.29 is 10.2 Å². The fourth-order valence-electron chi connectivity index (χ4n) is 2.01. The highest BCUT2D eigenvalue weighted by Crippen LogP contribution is 2.33. The molecule has 2 aromatic carbocycles. The summed E-state index contributed by atoms with van der Waals surface area (Å²) in [6, 6.07) is 14.5. The van der Waals surface area contributed by atoms with Crippen LogP contribution in [0.15, 0.2) is 54.9 Å².